The highest BCUT2D eigenvalue weighted by Gasteiger charge is 2.36. The lowest BCUT2D eigenvalue weighted by atomic mass is 9.87. The number of rotatable bonds is 11. The van der Waals surface area contributed by atoms with Crippen LogP contribution >= 0.6 is 0 Å². The summed E-state index contributed by atoms with van der Waals surface area (Å²) in [7, 11) is -4.16. The number of carbonyl (C=O) groups is 1. The van der Waals surface area contributed by atoms with Gasteiger partial charge in [-0.3, -0.25) is 9.36 Å². The Morgan fingerprint density at radius 1 is 1.00 bits per heavy atom. The van der Waals surface area contributed by atoms with E-state index in [1.54, 1.807) is 39.8 Å². The normalized spacial score (nSPS) is 13.3. The van der Waals surface area contributed by atoms with E-state index in [1.807, 2.05) is 49.4 Å². The molecule has 0 radical (unpaired) electrons. The third kappa shape index (κ3) is 7.33. The third-order valence-corrected chi connectivity index (χ3v) is 10.1. The van der Waals surface area contributed by atoms with Gasteiger partial charge in [-0.1, -0.05) is 75.3 Å². The van der Waals surface area contributed by atoms with Gasteiger partial charge < -0.3 is 14.5 Å². The van der Waals surface area contributed by atoms with Gasteiger partial charge >= 0.3 is 6.09 Å². The van der Waals surface area contributed by atoms with E-state index >= 15 is 0 Å². The average molecular weight is 652 g/mol. The molecule has 0 aliphatic rings. The third-order valence-electron chi connectivity index (χ3n) is 8.14. The number of fused-ring (bicyclic) bond motifs is 1. The number of hydrogen-bond donors (Lipinski definition) is 1. The van der Waals surface area contributed by atoms with Crippen LogP contribution in [-0.2, 0) is 22.0 Å². The van der Waals surface area contributed by atoms with Crippen molar-refractivity contribution in [3.63, 3.8) is 0 Å². The number of amides is 1. The van der Waals surface area contributed by atoms with Crippen molar-refractivity contribution in [3.05, 3.63) is 87.6 Å². The van der Waals surface area contributed by atoms with Crippen LogP contribution < -0.4 is 5.56 Å². The molecule has 0 spiro atoms. The molecule has 46 heavy (non-hydrogen) atoms. The minimum absolute atomic E-state index is 0.0175. The van der Waals surface area contributed by atoms with Gasteiger partial charge in [-0.25, -0.2) is 13.2 Å². The largest absolute Gasteiger partial charge is 0.465 e. The monoisotopic (exact) mass is 651 g/mol. The predicted octanol–water partition coefficient (Wildman–Crippen LogP) is 6.35. The SMILES string of the molecule is CCC(c1nc2onc(C)c2c(=O)n1Cc1ccccc1)N(CCCN(C(=O)O)C(C)(C)C)S(=O)(=O)c1ccc(C(C)(C)C)cc1. The van der Waals surface area contributed by atoms with Gasteiger partial charge in [0.05, 0.1) is 23.2 Å². The number of nitrogens with zero attached hydrogens (tertiary/aromatic N) is 5. The summed E-state index contributed by atoms with van der Waals surface area (Å²) in [6.45, 7) is 15.3. The van der Waals surface area contributed by atoms with Crippen LogP contribution in [0.15, 0.2) is 68.8 Å². The Kier molecular flexibility index (Phi) is 10.1. The Balaban J connectivity index is 1.88. The zero-order valence-corrected chi connectivity index (χ0v) is 28.8. The topological polar surface area (TPSA) is 139 Å². The van der Waals surface area contributed by atoms with Crippen molar-refractivity contribution in [1.82, 2.24) is 23.9 Å². The van der Waals surface area contributed by atoms with Gasteiger partial charge in [0, 0.05) is 18.6 Å². The molecule has 2 aromatic carbocycles. The van der Waals surface area contributed by atoms with Crippen molar-refractivity contribution >= 4 is 27.2 Å². The summed E-state index contributed by atoms with van der Waals surface area (Å²) in [4.78, 5) is 32.2. The van der Waals surface area contributed by atoms with Gasteiger partial charge in [0.25, 0.3) is 11.3 Å². The molecule has 1 unspecified atom stereocenters. The summed E-state index contributed by atoms with van der Waals surface area (Å²) < 4.78 is 37.4. The molecular weight excluding hydrogens is 606 g/mol. The van der Waals surface area contributed by atoms with Crippen molar-refractivity contribution < 1.29 is 22.8 Å². The smallest absolute Gasteiger partial charge is 0.407 e. The van der Waals surface area contributed by atoms with Gasteiger partial charge in [-0.15, -0.1) is 0 Å². The number of aromatic nitrogens is 3. The van der Waals surface area contributed by atoms with E-state index < -0.39 is 27.7 Å². The first kappa shape index (κ1) is 34.8. The standard InChI is InChI=1S/C34H45N5O6S/c1-9-27(29-35-30-28(23(2)36-45-30)31(40)37(29)22-24-14-11-10-12-15-24)39(21-13-20-38(32(41)42)34(6,7)8)46(43,44)26-18-16-25(17-19-26)33(3,4)5/h10-12,14-19,27H,9,13,20-22H2,1-8H3,(H,41,42). The summed E-state index contributed by atoms with van der Waals surface area (Å²) in [5, 5.41) is 14.1. The minimum Gasteiger partial charge on any atom is -0.465 e. The van der Waals surface area contributed by atoms with E-state index in [2.05, 4.69) is 25.9 Å². The van der Waals surface area contributed by atoms with E-state index in [0.29, 0.717) is 5.69 Å². The predicted molar refractivity (Wildman–Crippen MR) is 178 cm³/mol. The summed E-state index contributed by atoms with van der Waals surface area (Å²) >= 11 is 0. The molecule has 2 heterocycles. The van der Waals surface area contributed by atoms with Crippen molar-refractivity contribution in [2.24, 2.45) is 0 Å². The lowest BCUT2D eigenvalue weighted by Gasteiger charge is -2.35. The zero-order chi connectivity index (χ0) is 34.0. The Morgan fingerprint density at radius 3 is 2.17 bits per heavy atom. The van der Waals surface area contributed by atoms with Crippen molar-refractivity contribution in [1.29, 1.82) is 0 Å². The molecule has 4 aromatic rings. The number of sulfonamides is 1. The fourth-order valence-corrected chi connectivity index (χ4v) is 7.28. The second kappa shape index (κ2) is 13.4. The molecule has 2 aromatic heterocycles. The molecule has 0 saturated carbocycles. The van der Waals surface area contributed by atoms with Gasteiger partial charge in [0.1, 0.15) is 11.2 Å². The maximum absolute atomic E-state index is 14.5. The fourth-order valence-electron chi connectivity index (χ4n) is 5.58. The van der Waals surface area contributed by atoms with Crippen LogP contribution in [0, 0.1) is 6.92 Å². The number of benzene rings is 2. The number of aryl methyl sites for hydroxylation is 1. The number of hydrogen-bond acceptors (Lipinski definition) is 7. The van der Waals surface area contributed by atoms with Gasteiger partial charge in [-0.2, -0.15) is 9.29 Å². The fraction of sp³-hybridized carbons (Fsp3) is 0.471. The van der Waals surface area contributed by atoms with E-state index in [9.17, 15) is 23.1 Å². The van der Waals surface area contributed by atoms with Crippen molar-refractivity contribution in [3.8, 4) is 0 Å². The molecule has 12 heteroatoms. The maximum Gasteiger partial charge on any atom is 0.407 e. The highest BCUT2D eigenvalue weighted by atomic mass is 32.2. The molecule has 1 atom stereocenters. The van der Waals surface area contributed by atoms with Crippen LogP contribution in [0.25, 0.3) is 11.1 Å². The molecule has 4 rings (SSSR count). The Labute approximate surface area is 270 Å². The average Bonchev–Trinajstić information content (AvgIpc) is 3.35. The lowest BCUT2D eigenvalue weighted by molar-refractivity contribution is 0.0976. The molecule has 1 N–H and O–H groups in total. The van der Waals surface area contributed by atoms with E-state index in [4.69, 9.17) is 9.51 Å². The quantitative estimate of drug-likeness (QED) is 0.198. The molecule has 0 saturated heterocycles. The highest BCUT2D eigenvalue weighted by Crippen LogP contribution is 2.32. The molecule has 248 valence electrons. The van der Waals surface area contributed by atoms with Gasteiger partial charge in [-0.05, 0) is 69.2 Å². The Bertz CT molecular complexity index is 1840. The summed E-state index contributed by atoms with van der Waals surface area (Å²) in [6, 6.07) is 15.3. The Morgan fingerprint density at radius 2 is 1.63 bits per heavy atom. The first-order chi connectivity index (χ1) is 21.5. The van der Waals surface area contributed by atoms with Crippen LogP contribution in [0.3, 0.4) is 0 Å². The second-order valence-electron chi connectivity index (χ2n) is 13.6. The molecule has 0 aliphatic heterocycles. The molecule has 0 fully saturated rings. The molecule has 1 amide bonds. The Hall–Kier alpha value is -4.03. The van der Waals surface area contributed by atoms with Crippen LogP contribution in [0.2, 0.25) is 0 Å². The van der Waals surface area contributed by atoms with Gasteiger partial charge in [0.2, 0.25) is 10.0 Å². The molecule has 0 aliphatic carbocycles. The first-order valence-corrected chi connectivity index (χ1v) is 16.9. The van der Waals surface area contributed by atoms with E-state index in [1.165, 1.54) is 13.8 Å². The van der Waals surface area contributed by atoms with Crippen LogP contribution in [0.5, 0.6) is 0 Å². The highest BCUT2D eigenvalue weighted by molar-refractivity contribution is 7.89. The van der Waals surface area contributed by atoms with Crippen LogP contribution in [0.1, 0.15) is 90.0 Å². The van der Waals surface area contributed by atoms with Crippen molar-refractivity contribution in [2.45, 2.75) is 96.7 Å². The van der Waals surface area contributed by atoms with Crippen LogP contribution in [-0.4, -0.2) is 62.2 Å². The van der Waals surface area contributed by atoms with Crippen LogP contribution in [0.4, 0.5) is 4.79 Å². The second-order valence-corrected chi connectivity index (χ2v) is 15.5. The minimum atomic E-state index is -4.16. The molecule has 0 bridgehead atoms. The van der Waals surface area contributed by atoms with E-state index in [0.717, 1.165) is 11.1 Å². The number of carboxylic acid groups (broad SMARTS) is 1. The van der Waals surface area contributed by atoms with E-state index in [-0.39, 0.29) is 65.3 Å². The lowest BCUT2D eigenvalue weighted by Crippen LogP contribution is -2.46. The molecular formula is C34H45N5O6S. The maximum atomic E-state index is 14.5. The first-order valence-electron chi connectivity index (χ1n) is 15.5. The zero-order valence-electron chi connectivity index (χ0n) is 27.9. The summed E-state index contributed by atoms with van der Waals surface area (Å²) in [5.74, 6) is 0.223. The summed E-state index contributed by atoms with van der Waals surface area (Å²) in [6.07, 6.45) is -0.594. The molecule has 11 nitrogen and oxygen atoms in total. The summed E-state index contributed by atoms with van der Waals surface area (Å²) in [5.41, 5.74) is 1.02. The van der Waals surface area contributed by atoms with Gasteiger partial charge in [0.15, 0.2) is 0 Å². The van der Waals surface area contributed by atoms with Crippen molar-refractivity contribution in [2.75, 3.05) is 13.1 Å².